The lowest BCUT2D eigenvalue weighted by Crippen LogP contribution is -2.58. The van der Waals surface area contributed by atoms with Crippen LogP contribution in [0.15, 0.2) is 0 Å². The molecule has 0 atom stereocenters. The van der Waals surface area contributed by atoms with Gasteiger partial charge in [0.05, 0.1) is 0 Å². The normalized spacial score (nSPS) is 13.7. The van der Waals surface area contributed by atoms with Gasteiger partial charge >= 0.3 is 0 Å². The third-order valence-corrected chi connectivity index (χ3v) is 3.65. The van der Waals surface area contributed by atoms with E-state index >= 15 is 0 Å². The molecule has 0 aromatic carbocycles. The molecule has 0 saturated carbocycles. The molecule has 0 heterocycles. The smallest absolute Gasteiger partial charge is 0.116 e. The van der Waals surface area contributed by atoms with E-state index in [-0.39, 0.29) is 5.54 Å². The topological polar surface area (TPSA) is 15.3 Å². The highest BCUT2D eigenvalue weighted by Crippen LogP contribution is 2.10. The average molecular weight is 216 g/mol. The summed E-state index contributed by atoms with van der Waals surface area (Å²) in [6.07, 6.45) is 0. The molecule has 0 spiro atoms. The van der Waals surface area contributed by atoms with Crippen molar-refractivity contribution in [1.82, 2.24) is 9.88 Å². The minimum Gasteiger partial charge on any atom is -0.332 e. The van der Waals surface area contributed by atoms with Gasteiger partial charge in [-0.15, -0.1) is 0 Å². The third-order valence-electron chi connectivity index (χ3n) is 2.23. The van der Waals surface area contributed by atoms with Crippen molar-refractivity contribution in [3.8, 4) is 0 Å². The maximum atomic E-state index is 3.79. The SMILES string of the molecule is CCN(CC)CC(C)(C)N[Si](C)(C)C. The molecule has 0 rings (SSSR count). The van der Waals surface area contributed by atoms with E-state index in [1.54, 1.807) is 0 Å². The monoisotopic (exact) mass is 216 g/mol. The molecule has 0 radical (unpaired) electrons. The van der Waals surface area contributed by atoms with Gasteiger partial charge in [0, 0.05) is 12.1 Å². The summed E-state index contributed by atoms with van der Waals surface area (Å²) in [5, 5.41) is 0. The first kappa shape index (κ1) is 14.1. The van der Waals surface area contributed by atoms with Crippen molar-refractivity contribution in [2.75, 3.05) is 19.6 Å². The first-order valence-electron chi connectivity index (χ1n) is 5.72. The van der Waals surface area contributed by atoms with E-state index in [0.717, 1.165) is 19.6 Å². The van der Waals surface area contributed by atoms with Crippen molar-refractivity contribution in [1.29, 1.82) is 0 Å². The van der Waals surface area contributed by atoms with Crippen LogP contribution in [-0.2, 0) is 0 Å². The van der Waals surface area contributed by atoms with Gasteiger partial charge in [0.2, 0.25) is 0 Å². The Balaban J connectivity index is 4.18. The fourth-order valence-electron chi connectivity index (χ4n) is 2.06. The van der Waals surface area contributed by atoms with Crippen LogP contribution in [0.25, 0.3) is 0 Å². The summed E-state index contributed by atoms with van der Waals surface area (Å²) in [4.78, 5) is 6.27. The van der Waals surface area contributed by atoms with E-state index in [1.165, 1.54) is 0 Å². The van der Waals surface area contributed by atoms with Crippen molar-refractivity contribution in [2.24, 2.45) is 0 Å². The van der Waals surface area contributed by atoms with E-state index in [1.807, 2.05) is 0 Å². The molecule has 2 nitrogen and oxygen atoms in total. The molecular weight excluding hydrogens is 188 g/mol. The third kappa shape index (κ3) is 6.57. The molecule has 0 unspecified atom stereocenters. The summed E-state index contributed by atoms with van der Waals surface area (Å²) in [6, 6.07) is 0. The standard InChI is InChI=1S/C11H28N2Si/c1-8-13(9-2)10-11(3,4)12-14(5,6)7/h12H,8-10H2,1-7H3. The Bertz CT molecular complexity index is 157. The highest BCUT2D eigenvalue weighted by atomic mass is 28.3. The summed E-state index contributed by atoms with van der Waals surface area (Å²) in [6.45, 7) is 19.6. The number of hydrogen-bond donors (Lipinski definition) is 1. The zero-order chi connectivity index (χ0) is 11.4. The Labute approximate surface area is 91.2 Å². The van der Waals surface area contributed by atoms with E-state index in [0.29, 0.717) is 0 Å². The summed E-state index contributed by atoms with van der Waals surface area (Å²) >= 11 is 0. The van der Waals surface area contributed by atoms with Crippen LogP contribution in [0, 0.1) is 0 Å². The van der Waals surface area contributed by atoms with Gasteiger partial charge < -0.3 is 9.88 Å². The van der Waals surface area contributed by atoms with Crippen molar-refractivity contribution < 1.29 is 0 Å². The summed E-state index contributed by atoms with van der Waals surface area (Å²) < 4.78 is 0. The number of hydrogen-bond acceptors (Lipinski definition) is 2. The van der Waals surface area contributed by atoms with Gasteiger partial charge in [-0.25, -0.2) is 0 Å². The molecular formula is C11H28N2Si. The maximum absolute atomic E-state index is 3.79. The minimum absolute atomic E-state index is 0.247. The Kier molecular flexibility index (Phi) is 5.34. The molecule has 0 bridgehead atoms. The van der Waals surface area contributed by atoms with Gasteiger partial charge in [-0.1, -0.05) is 33.5 Å². The van der Waals surface area contributed by atoms with Crippen molar-refractivity contribution in [3.63, 3.8) is 0 Å². The van der Waals surface area contributed by atoms with Crippen molar-refractivity contribution in [3.05, 3.63) is 0 Å². The Morgan fingerprint density at radius 3 is 1.79 bits per heavy atom. The highest BCUT2D eigenvalue weighted by Gasteiger charge is 2.26. The first-order valence-corrected chi connectivity index (χ1v) is 9.22. The number of nitrogens with one attached hydrogen (secondary N) is 1. The molecule has 0 amide bonds. The van der Waals surface area contributed by atoms with Crippen LogP contribution < -0.4 is 4.98 Å². The quantitative estimate of drug-likeness (QED) is 0.687. The largest absolute Gasteiger partial charge is 0.332 e. The second-order valence-electron chi connectivity index (χ2n) is 5.72. The molecule has 0 aliphatic rings. The van der Waals surface area contributed by atoms with Gasteiger partial charge in [0.25, 0.3) is 0 Å². The zero-order valence-electron chi connectivity index (χ0n) is 11.1. The van der Waals surface area contributed by atoms with Crippen LogP contribution in [0.1, 0.15) is 27.7 Å². The van der Waals surface area contributed by atoms with Crippen LogP contribution >= 0.6 is 0 Å². The van der Waals surface area contributed by atoms with Gasteiger partial charge in [-0.05, 0) is 26.9 Å². The number of nitrogens with zero attached hydrogens (tertiary/aromatic N) is 1. The average Bonchev–Trinajstić information content (AvgIpc) is 1.95. The highest BCUT2D eigenvalue weighted by molar-refractivity contribution is 6.73. The van der Waals surface area contributed by atoms with Crippen LogP contribution in [0.3, 0.4) is 0 Å². The molecule has 14 heavy (non-hydrogen) atoms. The molecule has 0 saturated heterocycles. The number of rotatable bonds is 6. The molecule has 0 aromatic rings. The van der Waals surface area contributed by atoms with Gasteiger partial charge in [-0.2, -0.15) is 0 Å². The van der Waals surface area contributed by atoms with Gasteiger partial charge in [0.15, 0.2) is 0 Å². The molecule has 1 N–H and O–H groups in total. The van der Waals surface area contributed by atoms with E-state index in [2.05, 4.69) is 57.2 Å². The molecule has 0 aromatic heterocycles. The van der Waals surface area contributed by atoms with E-state index in [4.69, 9.17) is 0 Å². The Morgan fingerprint density at radius 2 is 1.50 bits per heavy atom. The lowest BCUT2D eigenvalue weighted by molar-refractivity contribution is 0.234. The van der Waals surface area contributed by atoms with Crippen molar-refractivity contribution >= 4 is 8.24 Å². The summed E-state index contributed by atoms with van der Waals surface area (Å²) in [7, 11) is -1.16. The van der Waals surface area contributed by atoms with E-state index < -0.39 is 8.24 Å². The van der Waals surface area contributed by atoms with Crippen molar-refractivity contribution in [2.45, 2.75) is 52.9 Å². The predicted octanol–water partition coefficient (Wildman–Crippen LogP) is 2.53. The fraction of sp³-hybridized carbons (Fsp3) is 1.00. The molecule has 86 valence electrons. The maximum Gasteiger partial charge on any atom is 0.116 e. The molecule has 0 fully saturated rings. The molecule has 0 aliphatic heterocycles. The second kappa shape index (κ2) is 5.28. The van der Waals surface area contributed by atoms with Crippen LogP contribution in [0.5, 0.6) is 0 Å². The zero-order valence-corrected chi connectivity index (χ0v) is 12.1. The second-order valence-corrected chi connectivity index (χ2v) is 10.5. The van der Waals surface area contributed by atoms with Crippen LogP contribution in [-0.4, -0.2) is 38.3 Å². The van der Waals surface area contributed by atoms with Crippen LogP contribution in [0.2, 0.25) is 19.6 Å². The molecule has 3 heteroatoms. The van der Waals surface area contributed by atoms with Gasteiger partial charge in [0.1, 0.15) is 8.24 Å². The summed E-state index contributed by atoms with van der Waals surface area (Å²) in [5.41, 5.74) is 0.247. The first-order chi connectivity index (χ1) is 6.20. The van der Waals surface area contributed by atoms with Crippen LogP contribution in [0.4, 0.5) is 0 Å². The van der Waals surface area contributed by atoms with Gasteiger partial charge in [-0.3, -0.25) is 0 Å². The lowest BCUT2D eigenvalue weighted by atomic mass is 10.1. The minimum atomic E-state index is -1.16. The van der Waals surface area contributed by atoms with E-state index in [9.17, 15) is 0 Å². The lowest BCUT2D eigenvalue weighted by Gasteiger charge is -2.37. The fourth-order valence-corrected chi connectivity index (χ4v) is 4.17. The predicted molar refractivity (Wildman–Crippen MR) is 68.3 cm³/mol. The summed E-state index contributed by atoms with van der Waals surface area (Å²) in [5.74, 6) is 0. The number of likely N-dealkylation sites (N-methyl/N-ethyl adjacent to an activating group) is 1. The Hall–Kier alpha value is 0.137. The Morgan fingerprint density at radius 1 is 1.07 bits per heavy atom. The molecule has 0 aliphatic carbocycles.